The van der Waals surface area contributed by atoms with Gasteiger partial charge in [0, 0.05) is 13.1 Å². The topological polar surface area (TPSA) is 94.2 Å². The van der Waals surface area contributed by atoms with Crippen molar-refractivity contribution in [3.63, 3.8) is 0 Å². The molecular weight excluding hydrogens is 418 g/mol. The van der Waals surface area contributed by atoms with Gasteiger partial charge in [0.25, 0.3) is 5.56 Å². The van der Waals surface area contributed by atoms with E-state index in [1.165, 1.54) is 6.92 Å². The van der Waals surface area contributed by atoms with Crippen LogP contribution in [0.15, 0.2) is 47.4 Å². The van der Waals surface area contributed by atoms with E-state index in [9.17, 15) is 9.59 Å². The standard InChI is InChI=1S/C23H20ClN3O4/c1-14(28)30-12-15-2-3-17-11-18(5-4-16(17)10-15)22-20(8-9-25-23(22)29)31-13-19-6-7-21(24)27-26-19/h2-3,6-11H,4-5,12-13H2,1H3,(H,25,29). The molecule has 0 unspecified atom stereocenters. The highest BCUT2D eigenvalue weighted by Crippen LogP contribution is 2.33. The highest BCUT2D eigenvalue weighted by atomic mass is 35.5. The zero-order valence-corrected chi connectivity index (χ0v) is 17.6. The van der Waals surface area contributed by atoms with E-state index in [0.29, 0.717) is 28.6 Å². The third kappa shape index (κ3) is 5.00. The van der Waals surface area contributed by atoms with Gasteiger partial charge in [-0.15, -0.1) is 5.10 Å². The summed E-state index contributed by atoms with van der Waals surface area (Å²) in [6.07, 6.45) is 5.03. The number of hydrogen-bond donors (Lipinski definition) is 1. The molecule has 8 heteroatoms. The van der Waals surface area contributed by atoms with Crippen LogP contribution in [0.1, 0.15) is 41.3 Å². The Hall–Kier alpha value is -3.45. The zero-order chi connectivity index (χ0) is 21.8. The van der Waals surface area contributed by atoms with Crippen LogP contribution in [0.3, 0.4) is 0 Å². The van der Waals surface area contributed by atoms with Gasteiger partial charge in [0.2, 0.25) is 0 Å². The number of aromatic amines is 1. The lowest BCUT2D eigenvalue weighted by molar-refractivity contribution is -0.142. The maximum atomic E-state index is 12.6. The van der Waals surface area contributed by atoms with Crippen LogP contribution in [-0.2, 0) is 29.2 Å². The summed E-state index contributed by atoms with van der Waals surface area (Å²) >= 11 is 5.77. The highest BCUT2D eigenvalue weighted by Gasteiger charge is 2.19. The first-order valence-electron chi connectivity index (χ1n) is 9.78. The molecule has 0 amide bonds. The molecule has 2 heterocycles. The minimum atomic E-state index is -0.305. The second-order valence-corrected chi connectivity index (χ2v) is 7.55. The predicted molar refractivity (Wildman–Crippen MR) is 117 cm³/mol. The lowest BCUT2D eigenvalue weighted by atomic mass is 9.88. The number of halogens is 1. The molecule has 0 saturated heterocycles. The average Bonchev–Trinajstić information content (AvgIpc) is 2.77. The van der Waals surface area contributed by atoms with E-state index in [2.05, 4.69) is 15.2 Å². The second-order valence-electron chi connectivity index (χ2n) is 7.17. The average molecular weight is 438 g/mol. The number of H-pyrrole nitrogens is 1. The van der Waals surface area contributed by atoms with Gasteiger partial charge in [0.15, 0.2) is 5.15 Å². The van der Waals surface area contributed by atoms with Gasteiger partial charge in [0.05, 0.1) is 5.56 Å². The van der Waals surface area contributed by atoms with E-state index < -0.39 is 0 Å². The summed E-state index contributed by atoms with van der Waals surface area (Å²) in [6, 6.07) is 11.0. The maximum absolute atomic E-state index is 12.6. The van der Waals surface area contributed by atoms with Crippen molar-refractivity contribution in [3.8, 4) is 5.75 Å². The molecule has 1 aromatic carbocycles. The third-order valence-corrected chi connectivity index (χ3v) is 5.15. The van der Waals surface area contributed by atoms with Crippen molar-refractivity contribution in [1.82, 2.24) is 15.2 Å². The number of allylic oxidation sites excluding steroid dienone is 1. The number of esters is 1. The van der Waals surface area contributed by atoms with Crippen molar-refractivity contribution in [2.75, 3.05) is 0 Å². The van der Waals surface area contributed by atoms with Gasteiger partial charge in [-0.2, -0.15) is 5.10 Å². The summed E-state index contributed by atoms with van der Waals surface area (Å²) < 4.78 is 11.0. The van der Waals surface area contributed by atoms with E-state index in [0.717, 1.165) is 28.7 Å². The van der Waals surface area contributed by atoms with E-state index in [-0.39, 0.29) is 24.7 Å². The molecule has 0 bridgehead atoms. The molecule has 1 aliphatic carbocycles. The Kier molecular flexibility index (Phi) is 6.13. The van der Waals surface area contributed by atoms with Crippen molar-refractivity contribution in [1.29, 1.82) is 0 Å². The number of aryl methyl sites for hydroxylation is 1. The number of fused-ring (bicyclic) bond motifs is 1. The Bertz CT molecular complexity index is 1200. The van der Waals surface area contributed by atoms with E-state index in [4.69, 9.17) is 21.1 Å². The molecule has 0 spiro atoms. The number of aromatic nitrogens is 3. The van der Waals surface area contributed by atoms with Gasteiger partial charge >= 0.3 is 5.97 Å². The molecular formula is C23H20ClN3O4. The Morgan fingerprint density at radius 1 is 1.13 bits per heavy atom. The molecule has 3 aromatic rings. The minimum Gasteiger partial charge on any atom is -0.486 e. The van der Waals surface area contributed by atoms with Crippen molar-refractivity contribution < 1.29 is 14.3 Å². The van der Waals surface area contributed by atoms with Crippen LogP contribution in [0.4, 0.5) is 0 Å². The number of pyridine rings is 1. The molecule has 1 N–H and O–H groups in total. The first-order chi connectivity index (χ1) is 15.0. The first kappa shape index (κ1) is 20.8. The summed E-state index contributed by atoms with van der Waals surface area (Å²) in [5, 5.41) is 8.10. The molecule has 1 aliphatic rings. The number of nitrogens with one attached hydrogen (secondary N) is 1. The first-order valence-corrected chi connectivity index (χ1v) is 10.2. The van der Waals surface area contributed by atoms with Crippen LogP contribution in [-0.4, -0.2) is 21.2 Å². The molecule has 0 saturated carbocycles. The summed E-state index contributed by atoms with van der Waals surface area (Å²) in [4.78, 5) is 26.4. The second kappa shape index (κ2) is 9.14. The molecule has 2 aromatic heterocycles. The fourth-order valence-corrected chi connectivity index (χ4v) is 3.58. The molecule has 4 rings (SSSR count). The van der Waals surface area contributed by atoms with Crippen LogP contribution >= 0.6 is 11.6 Å². The summed E-state index contributed by atoms with van der Waals surface area (Å²) in [7, 11) is 0. The highest BCUT2D eigenvalue weighted by molar-refractivity contribution is 6.29. The van der Waals surface area contributed by atoms with Gasteiger partial charge in [-0.05, 0) is 53.3 Å². The smallest absolute Gasteiger partial charge is 0.302 e. The Morgan fingerprint density at radius 3 is 2.77 bits per heavy atom. The fourth-order valence-electron chi connectivity index (χ4n) is 3.47. The zero-order valence-electron chi connectivity index (χ0n) is 16.9. The predicted octanol–water partition coefficient (Wildman–Crippen LogP) is 3.95. The maximum Gasteiger partial charge on any atom is 0.302 e. The van der Waals surface area contributed by atoms with E-state index in [1.54, 1.807) is 24.4 Å². The van der Waals surface area contributed by atoms with Crippen LogP contribution < -0.4 is 10.3 Å². The number of rotatable bonds is 6. The quantitative estimate of drug-likeness (QED) is 0.587. The number of hydrogen-bond acceptors (Lipinski definition) is 6. The van der Waals surface area contributed by atoms with Crippen molar-refractivity contribution in [2.24, 2.45) is 0 Å². The SMILES string of the molecule is CC(=O)OCc1ccc2c(c1)CCC(c1c(OCc3ccc(Cl)nn3)cc[nH]c1=O)=C2. The molecule has 0 fully saturated rings. The molecule has 7 nitrogen and oxygen atoms in total. The third-order valence-electron chi connectivity index (χ3n) is 4.95. The molecule has 0 radical (unpaired) electrons. The lowest BCUT2D eigenvalue weighted by Crippen LogP contribution is -2.15. The van der Waals surface area contributed by atoms with Crippen LogP contribution in [0.5, 0.6) is 5.75 Å². The Labute approximate surface area is 183 Å². The fraction of sp³-hybridized carbons (Fsp3) is 0.217. The van der Waals surface area contributed by atoms with Gasteiger partial charge in [-0.3, -0.25) is 9.59 Å². The number of ether oxygens (including phenoxy) is 2. The van der Waals surface area contributed by atoms with Gasteiger partial charge in [-0.1, -0.05) is 35.9 Å². The van der Waals surface area contributed by atoms with Crippen LogP contribution in [0, 0.1) is 0 Å². The van der Waals surface area contributed by atoms with Gasteiger partial charge < -0.3 is 14.5 Å². The number of benzene rings is 1. The summed E-state index contributed by atoms with van der Waals surface area (Å²) in [5.74, 6) is 0.182. The van der Waals surface area contributed by atoms with Gasteiger partial charge in [0.1, 0.15) is 24.7 Å². The Morgan fingerprint density at radius 2 is 2.00 bits per heavy atom. The van der Waals surface area contributed by atoms with Crippen molar-refractivity contribution in [3.05, 3.63) is 86.0 Å². The van der Waals surface area contributed by atoms with E-state index in [1.807, 2.05) is 24.3 Å². The van der Waals surface area contributed by atoms with Crippen LogP contribution in [0.25, 0.3) is 11.6 Å². The minimum absolute atomic E-state index is 0.171. The van der Waals surface area contributed by atoms with Crippen LogP contribution in [0.2, 0.25) is 5.15 Å². The molecule has 31 heavy (non-hydrogen) atoms. The molecule has 0 atom stereocenters. The Balaban J connectivity index is 1.59. The lowest BCUT2D eigenvalue weighted by Gasteiger charge is -2.19. The number of carbonyl (C=O) groups is 1. The van der Waals surface area contributed by atoms with Crippen molar-refractivity contribution >= 4 is 29.2 Å². The van der Waals surface area contributed by atoms with E-state index >= 15 is 0 Å². The summed E-state index contributed by atoms with van der Waals surface area (Å²) in [6.45, 7) is 1.82. The summed E-state index contributed by atoms with van der Waals surface area (Å²) in [5.41, 5.74) is 4.94. The largest absolute Gasteiger partial charge is 0.486 e. The monoisotopic (exact) mass is 437 g/mol. The normalized spacial score (nSPS) is 12.6. The van der Waals surface area contributed by atoms with Crippen molar-refractivity contribution in [2.45, 2.75) is 33.0 Å². The van der Waals surface area contributed by atoms with Gasteiger partial charge in [-0.25, -0.2) is 0 Å². The molecule has 0 aliphatic heterocycles. The number of carbonyl (C=O) groups excluding carboxylic acids is 1. The molecule has 158 valence electrons. The number of nitrogens with zero attached hydrogens (tertiary/aromatic N) is 2.